The van der Waals surface area contributed by atoms with Gasteiger partial charge in [0.05, 0.1) is 11.2 Å². The van der Waals surface area contributed by atoms with Gasteiger partial charge < -0.3 is 9.31 Å². The standard InChI is InChI=1S/C14H19BN4O2/c1-9-8-10(6-7-11(9)12-16-18-19-17-12)15-20-13(2,3)14(4,5)21-15/h6-8H,1-5H3,(H,16,17,18,19). The van der Waals surface area contributed by atoms with Crippen molar-refractivity contribution in [3.63, 3.8) is 0 Å². The molecular formula is C14H19BN4O2. The van der Waals surface area contributed by atoms with Crippen LogP contribution in [-0.2, 0) is 9.31 Å². The molecule has 0 unspecified atom stereocenters. The summed E-state index contributed by atoms with van der Waals surface area (Å²) < 4.78 is 12.1. The van der Waals surface area contributed by atoms with Gasteiger partial charge in [0.15, 0.2) is 0 Å². The number of tetrazole rings is 1. The van der Waals surface area contributed by atoms with Gasteiger partial charge in [0, 0.05) is 5.56 Å². The van der Waals surface area contributed by atoms with Crippen LogP contribution in [0.2, 0.25) is 0 Å². The zero-order chi connectivity index (χ0) is 15.3. The molecule has 6 nitrogen and oxygen atoms in total. The van der Waals surface area contributed by atoms with E-state index in [1.165, 1.54) is 0 Å². The Morgan fingerprint density at radius 2 is 1.76 bits per heavy atom. The summed E-state index contributed by atoms with van der Waals surface area (Å²) >= 11 is 0. The lowest BCUT2D eigenvalue weighted by molar-refractivity contribution is 0.00578. The van der Waals surface area contributed by atoms with Crippen LogP contribution in [0.1, 0.15) is 33.3 Å². The Balaban J connectivity index is 1.90. The molecule has 0 atom stereocenters. The molecule has 21 heavy (non-hydrogen) atoms. The maximum atomic E-state index is 6.06. The van der Waals surface area contributed by atoms with E-state index in [0.29, 0.717) is 5.82 Å². The second-order valence-electron chi connectivity index (χ2n) is 6.40. The molecule has 0 bridgehead atoms. The predicted molar refractivity (Wildman–Crippen MR) is 80.1 cm³/mol. The number of aromatic nitrogens is 4. The highest BCUT2D eigenvalue weighted by atomic mass is 16.7. The third kappa shape index (κ3) is 2.36. The number of nitrogens with one attached hydrogen (secondary N) is 1. The number of aryl methyl sites for hydroxylation is 1. The number of rotatable bonds is 2. The maximum Gasteiger partial charge on any atom is 0.494 e. The second-order valence-corrected chi connectivity index (χ2v) is 6.40. The van der Waals surface area contributed by atoms with Gasteiger partial charge in [-0.2, -0.15) is 5.21 Å². The zero-order valence-corrected chi connectivity index (χ0v) is 13.0. The molecule has 0 radical (unpaired) electrons. The molecule has 2 aromatic rings. The minimum absolute atomic E-state index is 0.335. The van der Waals surface area contributed by atoms with Crippen LogP contribution in [0.25, 0.3) is 11.4 Å². The summed E-state index contributed by atoms with van der Waals surface area (Å²) in [4.78, 5) is 0. The van der Waals surface area contributed by atoms with Crippen LogP contribution >= 0.6 is 0 Å². The monoisotopic (exact) mass is 286 g/mol. The van der Waals surface area contributed by atoms with E-state index < -0.39 is 0 Å². The number of nitrogens with zero attached hydrogens (tertiary/aromatic N) is 3. The van der Waals surface area contributed by atoms with Crippen molar-refractivity contribution in [3.05, 3.63) is 23.8 Å². The average molecular weight is 286 g/mol. The summed E-state index contributed by atoms with van der Waals surface area (Å²) in [5, 5.41) is 14.1. The third-order valence-corrected chi connectivity index (χ3v) is 4.36. The Bertz CT molecular complexity index is 639. The molecule has 1 aliphatic rings. The molecular weight excluding hydrogens is 267 g/mol. The van der Waals surface area contributed by atoms with E-state index in [2.05, 4.69) is 20.6 Å². The number of benzene rings is 1. The van der Waals surface area contributed by atoms with Crippen LogP contribution in [0.3, 0.4) is 0 Å². The molecule has 7 heteroatoms. The van der Waals surface area contributed by atoms with Crippen molar-refractivity contribution < 1.29 is 9.31 Å². The van der Waals surface area contributed by atoms with Crippen molar-refractivity contribution in [2.24, 2.45) is 0 Å². The van der Waals surface area contributed by atoms with Crippen molar-refractivity contribution in [1.29, 1.82) is 0 Å². The first-order chi connectivity index (χ1) is 9.80. The summed E-state index contributed by atoms with van der Waals surface area (Å²) in [5.74, 6) is 0.591. The summed E-state index contributed by atoms with van der Waals surface area (Å²) in [6, 6.07) is 6.01. The fourth-order valence-corrected chi connectivity index (χ4v) is 2.34. The Morgan fingerprint density at radius 3 is 2.29 bits per heavy atom. The van der Waals surface area contributed by atoms with E-state index in [4.69, 9.17) is 9.31 Å². The number of hydrogen-bond acceptors (Lipinski definition) is 5. The molecule has 1 aromatic carbocycles. The third-order valence-electron chi connectivity index (χ3n) is 4.36. The van der Waals surface area contributed by atoms with Crippen molar-refractivity contribution in [3.8, 4) is 11.4 Å². The predicted octanol–water partition coefficient (Wildman–Crippen LogP) is 1.47. The molecule has 2 heterocycles. The van der Waals surface area contributed by atoms with Gasteiger partial charge in [-0.05, 0) is 50.9 Å². The molecule has 1 N–H and O–H groups in total. The summed E-state index contributed by atoms with van der Waals surface area (Å²) in [5.41, 5.74) is 2.33. The molecule has 1 fully saturated rings. The molecule has 110 valence electrons. The molecule has 0 saturated carbocycles. The Labute approximate surface area is 124 Å². The van der Waals surface area contributed by atoms with Crippen molar-refractivity contribution in [1.82, 2.24) is 20.6 Å². The fraction of sp³-hybridized carbons (Fsp3) is 0.500. The van der Waals surface area contributed by atoms with Gasteiger partial charge in [0.25, 0.3) is 0 Å². The Morgan fingerprint density at radius 1 is 1.10 bits per heavy atom. The second kappa shape index (κ2) is 4.64. The Hall–Kier alpha value is -1.73. The van der Waals surface area contributed by atoms with Gasteiger partial charge in [0.2, 0.25) is 5.82 Å². The topological polar surface area (TPSA) is 72.9 Å². The highest BCUT2D eigenvalue weighted by Gasteiger charge is 2.51. The number of H-pyrrole nitrogens is 1. The quantitative estimate of drug-likeness (QED) is 0.846. The fourth-order valence-electron chi connectivity index (χ4n) is 2.34. The minimum atomic E-state index is -0.354. The molecule has 0 amide bonds. The minimum Gasteiger partial charge on any atom is -0.399 e. The first kappa shape index (κ1) is 14.2. The summed E-state index contributed by atoms with van der Waals surface area (Å²) in [7, 11) is -0.354. The lowest BCUT2D eigenvalue weighted by Crippen LogP contribution is -2.41. The van der Waals surface area contributed by atoms with Gasteiger partial charge in [-0.1, -0.05) is 18.2 Å². The van der Waals surface area contributed by atoms with Gasteiger partial charge >= 0.3 is 7.12 Å². The van der Waals surface area contributed by atoms with Gasteiger partial charge in [0.1, 0.15) is 0 Å². The van der Waals surface area contributed by atoms with Crippen LogP contribution in [0, 0.1) is 6.92 Å². The molecule has 1 aromatic heterocycles. The normalized spacial score (nSPS) is 20.0. The Kier molecular flexibility index (Phi) is 3.14. The molecule has 1 saturated heterocycles. The van der Waals surface area contributed by atoms with E-state index in [1.54, 1.807) is 0 Å². The molecule has 0 spiro atoms. The lowest BCUT2D eigenvalue weighted by Gasteiger charge is -2.32. The van der Waals surface area contributed by atoms with E-state index in [9.17, 15) is 0 Å². The lowest BCUT2D eigenvalue weighted by atomic mass is 9.78. The van der Waals surface area contributed by atoms with E-state index in [0.717, 1.165) is 16.6 Å². The summed E-state index contributed by atoms with van der Waals surface area (Å²) in [6.07, 6.45) is 0. The maximum absolute atomic E-state index is 6.06. The number of aromatic amines is 1. The average Bonchev–Trinajstić information content (AvgIpc) is 2.96. The van der Waals surface area contributed by atoms with Crippen molar-refractivity contribution in [2.45, 2.75) is 45.8 Å². The summed E-state index contributed by atoms with van der Waals surface area (Å²) in [6.45, 7) is 10.2. The van der Waals surface area contributed by atoms with Gasteiger partial charge in [-0.3, -0.25) is 0 Å². The van der Waals surface area contributed by atoms with Crippen LogP contribution in [0.5, 0.6) is 0 Å². The van der Waals surface area contributed by atoms with Crippen molar-refractivity contribution in [2.75, 3.05) is 0 Å². The van der Waals surface area contributed by atoms with Crippen molar-refractivity contribution >= 4 is 12.6 Å². The molecule has 1 aliphatic heterocycles. The van der Waals surface area contributed by atoms with E-state index in [-0.39, 0.29) is 18.3 Å². The SMILES string of the molecule is Cc1cc(B2OC(C)(C)C(C)(C)O2)ccc1-c1nn[nH]n1. The number of hydrogen-bond donors (Lipinski definition) is 1. The molecule has 0 aliphatic carbocycles. The smallest absolute Gasteiger partial charge is 0.399 e. The highest BCUT2D eigenvalue weighted by Crippen LogP contribution is 2.36. The van der Waals surface area contributed by atoms with Crippen LogP contribution in [0.4, 0.5) is 0 Å². The largest absolute Gasteiger partial charge is 0.494 e. The highest BCUT2D eigenvalue weighted by molar-refractivity contribution is 6.62. The van der Waals surface area contributed by atoms with E-state index in [1.807, 2.05) is 52.8 Å². The van der Waals surface area contributed by atoms with Gasteiger partial charge in [-0.15, -0.1) is 10.2 Å². The van der Waals surface area contributed by atoms with Crippen LogP contribution in [-0.4, -0.2) is 38.9 Å². The first-order valence-electron chi connectivity index (χ1n) is 7.00. The molecule has 3 rings (SSSR count). The van der Waals surface area contributed by atoms with Crippen LogP contribution in [0.15, 0.2) is 18.2 Å². The zero-order valence-electron chi connectivity index (χ0n) is 13.0. The first-order valence-corrected chi connectivity index (χ1v) is 7.00. The van der Waals surface area contributed by atoms with Gasteiger partial charge in [-0.25, -0.2) is 0 Å². The van der Waals surface area contributed by atoms with Crippen LogP contribution < -0.4 is 5.46 Å². The van der Waals surface area contributed by atoms with E-state index >= 15 is 0 Å².